The molecule has 0 aliphatic heterocycles. The Morgan fingerprint density at radius 1 is 0.673 bits per heavy atom. The Hall–Kier alpha value is -4.64. The lowest BCUT2D eigenvalue weighted by molar-refractivity contribution is -0.145. The maximum atomic E-state index is 12.3. The summed E-state index contributed by atoms with van der Waals surface area (Å²) in [6.45, 7) is 14.3. The van der Waals surface area contributed by atoms with Crippen LogP contribution in [0.25, 0.3) is 16.0 Å². The van der Waals surface area contributed by atoms with Gasteiger partial charge in [0.2, 0.25) is 0 Å². The molecule has 0 spiro atoms. The summed E-state index contributed by atoms with van der Waals surface area (Å²) in [4.78, 5) is 40.0. The van der Waals surface area contributed by atoms with E-state index in [1.165, 1.54) is 32.1 Å². The van der Waals surface area contributed by atoms with E-state index in [1.54, 1.807) is 31.2 Å². The fourth-order valence-electron chi connectivity index (χ4n) is 5.09. The van der Waals surface area contributed by atoms with Crippen molar-refractivity contribution in [3.8, 4) is 16.9 Å². The number of nitrogens with one attached hydrogen (secondary N) is 1. The second-order valence-corrected chi connectivity index (χ2v) is 12.6. The zero-order chi connectivity index (χ0) is 35.3. The van der Waals surface area contributed by atoms with Crippen molar-refractivity contribution in [3.05, 3.63) is 95.3 Å². The highest BCUT2D eigenvalue weighted by Crippen LogP contribution is 2.23. The van der Waals surface area contributed by atoms with Crippen LogP contribution in [0.5, 0.6) is 5.75 Å². The number of hydrogen-bond acceptors (Lipinski definition) is 6. The van der Waals surface area contributed by atoms with Crippen LogP contribution >= 0.6 is 0 Å². The molecule has 0 bridgehead atoms. The number of unbranched alkanes of at least 4 members (excludes halogenated alkanes) is 9. The number of carbonyl (C=O) groups is 3. The maximum Gasteiger partial charge on any atom is 0.338 e. The van der Waals surface area contributed by atoms with Crippen molar-refractivity contribution in [2.24, 2.45) is 5.92 Å². The molecule has 0 fully saturated rings. The van der Waals surface area contributed by atoms with Crippen molar-refractivity contribution in [1.29, 1.82) is 0 Å². The van der Waals surface area contributed by atoms with Gasteiger partial charge in [-0.05, 0) is 61.1 Å². The van der Waals surface area contributed by atoms with Gasteiger partial charge in [0.25, 0.3) is 5.91 Å². The fraction of sp³-hybridized carbons (Fsp3) is 0.463. The Morgan fingerprint density at radius 3 is 1.73 bits per heavy atom. The zero-order valence-corrected chi connectivity index (χ0v) is 29.4. The molecule has 1 N–H and O–H groups in total. The van der Waals surface area contributed by atoms with Crippen molar-refractivity contribution >= 4 is 23.5 Å². The van der Waals surface area contributed by atoms with Crippen molar-refractivity contribution in [1.82, 2.24) is 5.32 Å². The second kappa shape index (κ2) is 22.1. The minimum absolute atomic E-state index is 0.277. The van der Waals surface area contributed by atoms with Crippen molar-refractivity contribution in [2.45, 2.75) is 97.4 Å². The summed E-state index contributed by atoms with van der Waals surface area (Å²) in [5, 5.41) is 2.65. The molecule has 262 valence electrons. The quantitative estimate of drug-likeness (QED) is 0.0651. The van der Waals surface area contributed by atoms with Crippen LogP contribution < -0.4 is 10.1 Å². The molecule has 2 atom stereocenters. The van der Waals surface area contributed by atoms with Crippen LogP contribution in [-0.4, -0.2) is 43.7 Å². The van der Waals surface area contributed by atoms with Crippen LogP contribution in [0.3, 0.4) is 0 Å². The van der Waals surface area contributed by atoms with Crippen LogP contribution in [0.4, 0.5) is 5.69 Å². The predicted molar refractivity (Wildman–Crippen MR) is 194 cm³/mol. The van der Waals surface area contributed by atoms with Gasteiger partial charge in [-0.15, -0.1) is 0 Å². The Bertz CT molecular complexity index is 1460. The van der Waals surface area contributed by atoms with Crippen LogP contribution in [0, 0.1) is 12.5 Å². The third-order valence-electron chi connectivity index (χ3n) is 8.52. The lowest BCUT2D eigenvalue weighted by Gasteiger charge is -2.13. The van der Waals surface area contributed by atoms with E-state index in [1.807, 2.05) is 48.5 Å². The van der Waals surface area contributed by atoms with Gasteiger partial charge in [-0.1, -0.05) is 120 Å². The molecule has 3 rings (SSSR count). The minimum atomic E-state index is -0.735. The molecule has 0 saturated carbocycles. The Labute approximate surface area is 292 Å². The highest BCUT2D eigenvalue weighted by atomic mass is 16.5. The summed E-state index contributed by atoms with van der Waals surface area (Å²) in [5.41, 5.74) is 3.55. The largest absolute Gasteiger partial charge is 0.494 e. The molecule has 8 heteroatoms. The lowest BCUT2D eigenvalue weighted by atomic mass is 10.0. The molecular formula is C41H52N2O6. The molecule has 0 aliphatic carbocycles. The molecule has 3 aromatic rings. The standard InChI is InChI=1S/C41H52N2O6/c1-5-31(2)30-49-41(46)36-18-16-33(17-19-36)34-22-26-38(27-23-34)47-28-14-12-10-8-6-7-9-11-13-15-29-48-40(45)32(3)43-39(44)35-20-24-37(42-4)25-21-35/h16-27,31-32H,5-15,28-30H2,1-3H3,(H,43,44)/t31-,32-/m0/s1. The Kier molecular flexibility index (Phi) is 17.5. The molecule has 0 heterocycles. The first-order valence-electron chi connectivity index (χ1n) is 17.8. The number of benzene rings is 3. The number of rotatable bonds is 22. The smallest absolute Gasteiger partial charge is 0.338 e. The van der Waals surface area contributed by atoms with E-state index in [4.69, 9.17) is 20.8 Å². The monoisotopic (exact) mass is 668 g/mol. The molecule has 3 aromatic carbocycles. The summed E-state index contributed by atoms with van der Waals surface area (Å²) < 4.78 is 16.7. The van der Waals surface area contributed by atoms with Gasteiger partial charge < -0.3 is 19.5 Å². The molecule has 1 amide bonds. The van der Waals surface area contributed by atoms with Gasteiger partial charge >= 0.3 is 11.9 Å². The summed E-state index contributed by atoms with van der Waals surface area (Å²) in [5.74, 6) is 0.147. The number of amides is 1. The predicted octanol–water partition coefficient (Wildman–Crippen LogP) is 9.75. The molecule has 49 heavy (non-hydrogen) atoms. The molecular weight excluding hydrogens is 616 g/mol. The van der Waals surface area contributed by atoms with Gasteiger partial charge in [-0.2, -0.15) is 0 Å². The van der Waals surface area contributed by atoms with E-state index in [2.05, 4.69) is 24.0 Å². The number of carbonyl (C=O) groups excluding carboxylic acids is 3. The lowest BCUT2D eigenvalue weighted by Crippen LogP contribution is -2.39. The average molecular weight is 669 g/mol. The molecule has 0 aliphatic rings. The molecule has 8 nitrogen and oxygen atoms in total. The first kappa shape index (κ1) is 38.8. The fourth-order valence-corrected chi connectivity index (χ4v) is 5.09. The van der Waals surface area contributed by atoms with Gasteiger partial charge in [0.1, 0.15) is 11.8 Å². The van der Waals surface area contributed by atoms with Crippen LogP contribution in [0.1, 0.15) is 112 Å². The number of nitrogens with zero attached hydrogens (tertiary/aromatic N) is 1. The Morgan fingerprint density at radius 2 is 1.18 bits per heavy atom. The Balaban J connectivity index is 1.14. The van der Waals surface area contributed by atoms with Crippen LogP contribution in [0.2, 0.25) is 0 Å². The zero-order valence-electron chi connectivity index (χ0n) is 29.4. The van der Waals surface area contributed by atoms with Crippen molar-refractivity contribution in [2.75, 3.05) is 19.8 Å². The highest BCUT2D eigenvalue weighted by Gasteiger charge is 2.18. The van der Waals surface area contributed by atoms with E-state index < -0.39 is 12.0 Å². The average Bonchev–Trinajstić information content (AvgIpc) is 3.13. The molecule has 0 saturated heterocycles. The summed E-state index contributed by atoms with van der Waals surface area (Å²) in [7, 11) is 0. The van der Waals surface area contributed by atoms with Crippen LogP contribution in [0.15, 0.2) is 72.8 Å². The van der Waals surface area contributed by atoms with Crippen molar-refractivity contribution in [3.63, 3.8) is 0 Å². The number of esters is 2. The van der Waals surface area contributed by atoms with Crippen molar-refractivity contribution < 1.29 is 28.6 Å². The third-order valence-corrected chi connectivity index (χ3v) is 8.52. The maximum absolute atomic E-state index is 12.3. The summed E-state index contributed by atoms with van der Waals surface area (Å²) in [6, 6.07) is 21.2. The highest BCUT2D eigenvalue weighted by molar-refractivity contribution is 5.97. The second-order valence-electron chi connectivity index (χ2n) is 12.6. The van der Waals surface area contributed by atoms with Crippen LogP contribution in [-0.2, 0) is 14.3 Å². The molecule has 0 radical (unpaired) electrons. The van der Waals surface area contributed by atoms with Gasteiger partial charge in [0.15, 0.2) is 5.69 Å². The molecule has 0 unspecified atom stereocenters. The summed E-state index contributed by atoms with van der Waals surface area (Å²) >= 11 is 0. The number of ether oxygens (including phenoxy) is 3. The third kappa shape index (κ3) is 14.6. The van der Waals surface area contributed by atoms with E-state index in [0.29, 0.717) is 42.6 Å². The van der Waals surface area contributed by atoms with E-state index in [-0.39, 0.29) is 11.9 Å². The topological polar surface area (TPSA) is 95.3 Å². The van der Waals surface area contributed by atoms with Gasteiger partial charge in [0.05, 0.1) is 32.0 Å². The summed E-state index contributed by atoms with van der Waals surface area (Å²) in [6.07, 6.45) is 12.2. The normalized spacial score (nSPS) is 12.0. The first-order valence-corrected chi connectivity index (χ1v) is 17.8. The number of hydrogen-bond donors (Lipinski definition) is 1. The van der Waals surface area contributed by atoms with Gasteiger partial charge in [-0.3, -0.25) is 4.79 Å². The minimum Gasteiger partial charge on any atom is -0.494 e. The first-order chi connectivity index (χ1) is 23.8. The van der Waals surface area contributed by atoms with Gasteiger partial charge in [-0.25, -0.2) is 14.4 Å². The van der Waals surface area contributed by atoms with Gasteiger partial charge in [0, 0.05) is 5.56 Å². The molecule has 0 aromatic heterocycles. The van der Waals surface area contributed by atoms with E-state index in [0.717, 1.165) is 55.4 Å². The van der Waals surface area contributed by atoms with E-state index in [9.17, 15) is 14.4 Å². The SMILES string of the molecule is [C-]#[N+]c1ccc(C(=O)N[C@@H](C)C(=O)OCCCCCCCCCCCCOc2ccc(-c3ccc(C(=O)OC[C@@H](C)CC)cc3)cc2)cc1. The van der Waals surface area contributed by atoms with E-state index >= 15 is 0 Å².